The van der Waals surface area contributed by atoms with E-state index in [1.807, 2.05) is 6.07 Å². The number of carbonyl (C=O) groups excluding carboxylic acids is 3. The van der Waals surface area contributed by atoms with Gasteiger partial charge in [0, 0.05) is 0 Å². The number of hydrogen-bond acceptors (Lipinski definition) is 7. The number of alkyl carbamates (subject to hydrolysis) is 1. The van der Waals surface area contributed by atoms with E-state index >= 15 is 0 Å². The molecule has 0 aromatic heterocycles. The Morgan fingerprint density at radius 1 is 1.25 bits per heavy atom. The molecule has 0 saturated carbocycles. The van der Waals surface area contributed by atoms with Gasteiger partial charge in [-0.3, -0.25) is 14.1 Å². The third kappa shape index (κ3) is 5.79. The van der Waals surface area contributed by atoms with E-state index in [9.17, 15) is 23.8 Å². The first kappa shape index (κ1) is 21.9. The summed E-state index contributed by atoms with van der Waals surface area (Å²) < 4.78 is 27.0. The number of amides is 2. The van der Waals surface area contributed by atoms with Crippen LogP contribution in [0.3, 0.4) is 0 Å². The highest BCUT2D eigenvalue weighted by atomic mass is 31.2. The number of rotatable bonds is 7. The summed E-state index contributed by atoms with van der Waals surface area (Å²) in [4.78, 5) is 45.2. The number of esters is 1. The quantitative estimate of drug-likeness (QED) is 0.299. The molecule has 0 spiro atoms. The van der Waals surface area contributed by atoms with Gasteiger partial charge in [0.05, 0.1) is 12.0 Å². The second kappa shape index (κ2) is 8.72. The lowest BCUT2D eigenvalue weighted by molar-refractivity contribution is -0.160. The van der Waals surface area contributed by atoms with Gasteiger partial charge in [0.25, 0.3) is 5.91 Å². The van der Waals surface area contributed by atoms with Crippen LogP contribution in [0.2, 0.25) is 0 Å². The molecule has 0 radical (unpaired) electrons. The molecule has 1 aromatic carbocycles. The summed E-state index contributed by atoms with van der Waals surface area (Å²) in [5.41, 5.74) is -0.0258. The highest BCUT2D eigenvalue weighted by molar-refractivity contribution is 7.51. The Morgan fingerprint density at radius 3 is 2.46 bits per heavy atom. The topological polar surface area (TPSA) is 131 Å². The Kier molecular flexibility index (Phi) is 6.82. The minimum absolute atomic E-state index is 0.0258. The van der Waals surface area contributed by atoms with Crippen molar-refractivity contribution in [1.29, 1.82) is 0 Å². The predicted octanol–water partition coefficient (Wildman–Crippen LogP) is 1.79. The molecule has 0 bridgehead atoms. The van der Waals surface area contributed by atoms with E-state index < -0.39 is 44.0 Å². The van der Waals surface area contributed by atoms with Gasteiger partial charge in [0.2, 0.25) is 6.79 Å². The predicted molar refractivity (Wildman–Crippen MR) is 96.6 cm³/mol. The number of nitrogens with zero attached hydrogens (tertiary/aromatic N) is 1. The maximum atomic E-state index is 12.1. The van der Waals surface area contributed by atoms with Crippen molar-refractivity contribution in [1.82, 2.24) is 9.99 Å². The fourth-order valence-corrected chi connectivity index (χ4v) is 3.17. The van der Waals surface area contributed by atoms with Gasteiger partial charge in [-0.25, -0.2) is 14.0 Å². The first-order valence-electron chi connectivity index (χ1n) is 8.44. The maximum absolute atomic E-state index is 12.1. The summed E-state index contributed by atoms with van der Waals surface area (Å²) >= 11 is 0. The largest absolute Gasteiger partial charge is 0.445 e. The minimum atomic E-state index is -4.49. The highest BCUT2D eigenvalue weighted by Gasteiger charge is 2.48. The Hall–Kier alpha value is -2.42. The molecule has 1 heterocycles. The first-order valence-corrected chi connectivity index (χ1v) is 9.97. The molecule has 154 valence electrons. The average molecular weight is 414 g/mol. The lowest BCUT2D eigenvalue weighted by Crippen LogP contribution is -2.62. The second-order valence-corrected chi connectivity index (χ2v) is 8.82. The van der Waals surface area contributed by atoms with Crippen molar-refractivity contribution < 1.29 is 37.8 Å². The van der Waals surface area contributed by atoms with Gasteiger partial charge in [-0.1, -0.05) is 30.3 Å². The van der Waals surface area contributed by atoms with Crippen molar-refractivity contribution in [2.75, 3.05) is 13.3 Å². The van der Waals surface area contributed by atoms with Gasteiger partial charge in [-0.15, -0.1) is 0 Å². The van der Waals surface area contributed by atoms with E-state index in [1.165, 1.54) is 0 Å². The van der Waals surface area contributed by atoms with Gasteiger partial charge < -0.3 is 19.7 Å². The third-order valence-electron chi connectivity index (χ3n) is 3.74. The zero-order valence-electron chi connectivity index (χ0n) is 15.8. The van der Waals surface area contributed by atoms with Crippen LogP contribution in [0, 0.1) is 5.41 Å². The molecule has 1 aromatic rings. The molecule has 1 fully saturated rings. The summed E-state index contributed by atoms with van der Waals surface area (Å²) in [5.74, 6) is -1.42. The first-order chi connectivity index (χ1) is 13.0. The normalized spacial score (nSPS) is 18.6. The SMILES string of the molecule is CC(C)(C)C(=O)OCOP(=O)(O)N1CC(NC(=O)OCc2ccccc2)C1=O. The lowest BCUT2D eigenvalue weighted by Gasteiger charge is -2.39. The summed E-state index contributed by atoms with van der Waals surface area (Å²) in [6.45, 7) is 3.85. The number of carbonyl (C=O) groups is 3. The summed E-state index contributed by atoms with van der Waals surface area (Å²) in [6.07, 6.45) is -0.824. The van der Waals surface area contributed by atoms with Crippen molar-refractivity contribution in [3.8, 4) is 0 Å². The van der Waals surface area contributed by atoms with Gasteiger partial charge in [-0.2, -0.15) is 0 Å². The van der Waals surface area contributed by atoms with E-state index in [0.717, 1.165) is 5.56 Å². The average Bonchev–Trinajstić information content (AvgIpc) is 2.62. The number of benzene rings is 1. The van der Waals surface area contributed by atoms with Crippen LogP contribution in [0.1, 0.15) is 26.3 Å². The van der Waals surface area contributed by atoms with Crippen LogP contribution in [-0.4, -0.2) is 46.9 Å². The maximum Gasteiger partial charge on any atom is 0.437 e. The van der Waals surface area contributed by atoms with Crippen LogP contribution >= 0.6 is 7.75 Å². The minimum Gasteiger partial charge on any atom is -0.445 e. The van der Waals surface area contributed by atoms with Gasteiger partial charge in [-0.05, 0) is 26.3 Å². The molecule has 11 heteroatoms. The smallest absolute Gasteiger partial charge is 0.437 e. The van der Waals surface area contributed by atoms with E-state index in [0.29, 0.717) is 4.67 Å². The molecule has 28 heavy (non-hydrogen) atoms. The van der Waals surface area contributed by atoms with Crippen LogP contribution in [0.25, 0.3) is 0 Å². The van der Waals surface area contributed by atoms with Crippen molar-refractivity contribution in [3.63, 3.8) is 0 Å². The monoisotopic (exact) mass is 414 g/mol. The van der Waals surface area contributed by atoms with Gasteiger partial charge in [0.1, 0.15) is 12.6 Å². The molecule has 2 unspecified atom stereocenters. The summed E-state index contributed by atoms with van der Waals surface area (Å²) in [5, 5.41) is 2.31. The molecular formula is C17H23N2O8P. The molecule has 1 aliphatic heterocycles. The molecule has 1 aliphatic rings. The molecule has 2 amide bonds. The van der Waals surface area contributed by atoms with E-state index in [-0.39, 0.29) is 13.2 Å². The summed E-state index contributed by atoms with van der Waals surface area (Å²) in [7, 11) is -4.49. The standard InChI is InChI=1S/C17H23N2O8P/c1-17(2,3)15(21)26-11-27-28(23,24)19-9-13(14(19)20)18-16(22)25-10-12-7-5-4-6-8-12/h4-8,13H,9-11H2,1-3H3,(H,18,22)(H,23,24). The third-order valence-corrected chi connectivity index (χ3v) is 5.15. The Balaban J connectivity index is 1.74. The van der Waals surface area contributed by atoms with Crippen LogP contribution < -0.4 is 5.32 Å². The highest BCUT2D eigenvalue weighted by Crippen LogP contribution is 2.49. The molecule has 2 atom stereocenters. The molecule has 10 nitrogen and oxygen atoms in total. The Morgan fingerprint density at radius 2 is 1.89 bits per heavy atom. The van der Waals surface area contributed by atoms with Crippen molar-refractivity contribution >= 4 is 25.7 Å². The summed E-state index contributed by atoms with van der Waals surface area (Å²) in [6, 6.07) is 7.96. The van der Waals surface area contributed by atoms with Crippen LogP contribution in [0.15, 0.2) is 30.3 Å². The number of nitrogens with one attached hydrogen (secondary N) is 1. The van der Waals surface area contributed by atoms with Crippen LogP contribution in [0.4, 0.5) is 4.79 Å². The second-order valence-electron chi connectivity index (χ2n) is 7.10. The zero-order valence-corrected chi connectivity index (χ0v) is 16.7. The number of ether oxygens (including phenoxy) is 2. The van der Waals surface area contributed by atoms with E-state index in [2.05, 4.69) is 9.84 Å². The number of β-lactam (4-membered cyclic amide) rings is 1. The van der Waals surface area contributed by atoms with Crippen molar-refractivity contribution in [2.24, 2.45) is 5.41 Å². The van der Waals surface area contributed by atoms with Gasteiger partial charge >= 0.3 is 19.8 Å². The van der Waals surface area contributed by atoms with Crippen molar-refractivity contribution in [2.45, 2.75) is 33.4 Å². The van der Waals surface area contributed by atoms with Crippen LogP contribution in [-0.2, 0) is 34.8 Å². The fourth-order valence-electron chi connectivity index (χ4n) is 2.09. The molecule has 2 N–H and O–H groups in total. The zero-order chi connectivity index (χ0) is 20.9. The Bertz CT molecular complexity index is 777. The van der Waals surface area contributed by atoms with E-state index in [4.69, 9.17) is 9.47 Å². The Labute approximate surface area is 162 Å². The molecule has 0 aliphatic carbocycles. The van der Waals surface area contributed by atoms with Gasteiger partial charge in [0.15, 0.2) is 0 Å². The molecular weight excluding hydrogens is 391 g/mol. The molecule has 1 saturated heterocycles. The number of hydrogen-bond donors (Lipinski definition) is 2. The lowest BCUT2D eigenvalue weighted by atomic mass is 9.98. The molecule has 2 rings (SSSR count). The van der Waals surface area contributed by atoms with Crippen molar-refractivity contribution in [3.05, 3.63) is 35.9 Å². The van der Waals surface area contributed by atoms with Crippen LogP contribution in [0.5, 0.6) is 0 Å². The fraction of sp³-hybridized carbons (Fsp3) is 0.471. The van der Waals surface area contributed by atoms with E-state index in [1.54, 1.807) is 45.0 Å².